The molecule has 1 N–H and O–H groups in total. The van der Waals surface area contributed by atoms with Gasteiger partial charge in [-0.3, -0.25) is 19.5 Å². The van der Waals surface area contributed by atoms with Crippen LogP contribution in [0.1, 0.15) is 23.7 Å². The summed E-state index contributed by atoms with van der Waals surface area (Å²) in [6.07, 6.45) is 2.31. The van der Waals surface area contributed by atoms with E-state index in [1.807, 2.05) is 0 Å². The van der Waals surface area contributed by atoms with Crippen LogP contribution in [0.25, 0.3) is 5.76 Å². The van der Waals surface area contributed by atoms with Gasteiger partial charge < -0.3 is 24.2 Å². The fourth-order valence-electron chi connectivity index (χ4n) is 4.59. The molecular weight excluding hydrogens is 438 g/mol. The number of aliphatic hydroxyl groups is 1. The second-order valence-electron chi connectivity index (χ2n) is 8.41. The zero-order valence-electron chi connectivity index (χ0n) is 18.8. The number of pyridine rings is 1. The molecule has 1 unspecified atom stereocenters. The maximum atomic E-state index is 13.1. The number of likely N-dealkylation sites (tertiary alicyclic amines) is 1. The summed E-state index contributed by atoms with van der Waals surface area (Å²) in [5.74, 6) is -0.523. The highest BCUT2D eigenvalue weighted by atomic mass is 16.6. The quantitative estimate of drug-likeness (QED) is 0.393. The number of ether oxygens (including phenoxy) is 3. The summed E-state index contributed by atoms with van der Waals surface area (Å²) in [6, 6.07) is 9.56. The number of rotatable bonds is 6. The highest BCUT2D eigenvalue weighted by Gasteiger charge is 2.46. The first kappa shape index (κ1) is 22.4. The Balaban J connectivity index is 1.46. The number of carbonyl (C=O) groups is 2. The van der Waals surface area contributed by atoms with E-state index < -0.39 is 17.7 Å². The number of Topliss-reactive ketones (excluding diaryl/α,β-unsaturated/α-hetero) is 1. The van der Waals surface area contributed by atoms with Crippen LogP contribution in [0.2, 0.25) is 0 Å². The summed E-state index contributed by atoms with van der Waals surface area (Å²) in [7, 11) is 0. The molecule has 1 aromatic carbocycles. The Labute approximate surface area is 197 Å². The Morgan fingerprint density at radius 3 is 2.56 bits per heavy atom. The molecule has 0 saturated carbocycles. The molecule has 1 aromatic heterocycles. The van der Waals surface area contributed by atoms with E-state index in [0.717, 1.165) is 19.6 Å². The third-order valence-electron chi connectivity index (χ3n) is 6.30. The lowest BCUT2D eigenvalue weighted by atomic mass is 9.98. The Bertz CT molecular complexity index is 1100. The van der Waals surface area contributed by atoms with Crippen LogP contribution in [0, 0.1) is 0 Å². The summed E-state index contributed by atoms with van der Waals surface area (Å²) >= 11 is 0. The first-order chi connectivity index (χ1) is 16.6. The molecule has 1 amide bonds. The zero-order valence-corrected chi connectivity index (χ0v) is 18.8. The molecule has 178 valence electrons. The van der Waals surface area contributed by atoms with E-state index in [2.05, 4.69) is 9.88 Å². The number of hydrogen-bond donors (Lipinski definition) is 1. The molecule has 0 spiro atoms. The van der Waals surface area contributed by atoms with Gasteiger partial charge in [-0.25, -0.2) is 0 Å². The fraction of sp³-hybridized carbons (Fsp3) is 0.400. The van der Waals surface area contributed by atoms with Crippen molar-refractivity contribution in [2.45, 2.75) is 12.5 Å². The normalized spacial score (nSPS) is 22.2. The van der Waals surface area contributed by atoms with Crippen molar-refractivity contribution >= 4 is 17.4 Å². The van der Waals surface area contributed by atoms with E-state index in [1.54, 1.807) is 42.6 Å². The maximum Gasteiger partial charge on any atom is 0.295 e. The summed E-state index contributed by atoms with van der Waals surface area (Å²) in [5.41, 5.74) is 0.954. The Kier molecular flexibility index (Phi) is 6.46. The summed E-state index contributed by atoms with van der Waals surface area (Å²) in [6.45, 7) is 5.14. The molecule has 0 bridgehead atoms. The lowest BCUT2D eigenvalue weighted by Gasteiger charge is -2.29. The Morgan fingerprint density at radius 1 is 1.00 bits per heavy atom. The highest BCUT2D eigenvalue weighted by Crippen LogP contribution is 2.40. The third kappa shape index (κ3) is 4.36. The molecule has 9 nitrogen and oxygen atoms in total. The molecule has 5 rings (SSSR count). The van der Waals surface area contributed by atoms with Crippen LogP contribution >= 0.6 is 0 Å². The summed E-state index contributed by atoms with van der Waals surface area (Å²) in [5, 5.41) is 11.2. The largest absolute Gasteiger partial charge is 0.507 e. The number of amides is 1. The van der Waals surface area contributed by atoms with Crippen molar-refractivity contribution in [3.63, 3.8) is 0 Å². The number of carbonyl (C=O) groups excluding carboxylic acids is 2. The predicted molar refractivity (Wildman–Crippen MR) is 123 cm³/mol. The lowest BCUT2D eigenvalue weighted by molar-refractivity contribution is -0.140. The molecule has 9 heteroatoms. The monoisotopic (exact) mass is 465 g/mol. The molecular formula is C25H27N3O6. The number of ketones is 1. The van der Waals surface area contributed by atoms with Crippen molar-refractivity contribution in [2.24, 2.45) is 0 Å². The third-order valence-corrected chi connectivity index (χ3v) is 6.30. The average molecular weight is 466 g/mol. The molecule has 3 aliphatic rings. The summed E-state index contributed by atoms with van der Waals surface area (Å²) < 4.78 is 16.6. The van der Waals surface area contributed by atoms with Crippen LogP contribution in [0.15, 0.2) is 48.2 Å². The van der Waals surface area contributed by atoms with Gasteiger partial charge in [0.05, 0.1) is 24.5 Å². The van der Waals surface area contributed by atoms with Gasteiger partial charge in [0, 0.05) is 37.9 Å². The SMILES string of the molecule is O=C1C(=O)N(CCCN2CCOCC2)C(c2ccccn2)/C1=C(\O)c1ccc2c(c1)OCCO2. The first-order valence-corrected chi connectivity index (χ1v) is 11.5. The van der Waals surface area contributed by atoms with Crippen LogP contribution in [-0.4, -0.2) is 84.2 Å². The van der Waals surface area contributed by atoms with Gasteiger partial charge in [-0.15, -0.1) is 0 Å². The predicted octanol–water partition coefficient (Wildman–Crippen LogP) is 2.00. The van der Waals surface area contributed by atoms with Crippen molar-refractivity contribution in [3.8, 4) is 11.5 Å². The number of morpholine rings is 1. The van der Waals surface area contributed by atoms with Gasteiger partial charge >= 0.3 is 0 Å². The van der Waals surface area contributed by atoms with Crippen molar-refractivity contribution in [3.05, 3.63) is 59.4 Å². The van der Waals surface area contributed by atoms with Crippen LogP contribution in [0.3, 0.4) is 0 Å². The standard InChI is InChI=1S/C25H27N3O6/c29-23(17-5-6-19-20(16-17)34-15-14-33-19)21-22(18-4-1-2-7-26-18)28(25(31)24(21)30)9-3-8-27-10-12-32-13-11-27/h1-2,4-7,16,22,29H,3,8-15H2/b23-21+. The van der Waals surface area contributed by atoms with Crippen LogP contribution < -0.4 is 9.47 Å². The number of benzene rings is 1. The molecule has 0 aliphatic carbocycles. The topological polar surface area (TPSA) is 101 Å². The first-order valence-electron chi connectivity index (χ1n) is 11.5. The number of aliphatic hydroxyl groups excluding tert-OH is 1. The number of aromatic nitrogens is 1. The Morgan fingerprint density at radius 2 is 1.79 bits per heavy atom. The van der Waals surface area contributed by atoms with Crippen LogP contribution in [-0.2, 0) is 14.3 Å². The number of fused-ring (bicyclic) bond motifs is 1. The molecule has 2 aromatic rings. The minimum atomic E-state index is -0.765. The zero-order chi connectivity index (χ0) is 23.5. The van der Waals surface area contributed by atoms with E-state index in [9.17, 15) is 14.7 Å². The van der Waals surface area contributed by atoms with Gasteiger partial charge in [0.15, 0.2) is 11.5 Å². The van der Waals surface area contributed by atoms with Gasteiger partial charge in [0.25, 0.3) is 11.7 Å². The molecule has 2 fully saturated rings. The van der Waals surface area contributed by atoms with E-state index in [1.165, 1.54) is 4.90 Å². The van der Waals surface area contributed by atoms with E-state index in [4.69, 9.17) is 14.2 Å². The van der Waals surface area contributed by atoms with Crippen LogP contribution in [0.4, 0.5) is 0 Å². The van der Waals surface area contributed by atoms with Crippen molar-refractivity contribution < 1.29 is 28.9 Å². The lowest BCUT2D eigenvalue weighted by Crippen LogP contribution is -2.39. The van der Waals surface area contributed by atoms with Gasteiger partial charge in [-0.2, -0.15) is 0 Å². The second-order valence-corrected chi connectivity index (χ2v) is 8.41. The molecule has 34 heavy (non-hydrogen) atoms. The molecule has 0 radical (unpaired) electrons. The maximum absolute atomic E-state index is 13.1. The minimum Gasteiger partial charge on any atom is -0.507 e. The molecule has 4 heterocycles. The van der Waals surface area contributed by atoms with E-state index in [-0.39, 0.29) is 11.3 Å². The van der Waals surface area contributed by atoms with Crippen molar-refractivity contribution in [1.82, 2.24) is 14.8 Å². The Hall–Kier alpha value is -3.43. The molecule has 3 aliphatic heterocycles. The van der Waals surface area contributed by atoms with Crippen molar-refractivity contribution in [2.75, 3.05) is 52.6 Å². The van der Waals surface area contributed by atoms with Gasteiger partial charge in [0.1, 0.15) is 25.0 Å². The number of hydrogen-bond acceptors (Lipinski definition) is 8. The second kappa shape index (κ2) is 9.82. The molecule has 1 atom stereocenters. The summed E-state index contributed by atoms with van der Waals surface area (Å²) in [4.78, 5) is 34.4. The van der Waals surface area contributed by atoms with Gasteiger partial charge in [-0.1, -0.05) is 6.07 Å². The molecule has 2 saturated heterocycles. The van der Waals surface area contributed by atoms with E-state index >= 15 is 0 Å². The van der Waals surface area contributed by atoms with Crippen molar-refractivity contribution in [1.29, 1.82) is 0 Å². The van der Waals surface area contributed by atoms with Gasteiger partial charge in [0.2, 0.25) is 0 Å². The highest BCUT2D eigenvalue weighted by molar-refractivity contribution is 6.46. The number of nitrogens with zero attached hydrogens (tertiary/aromatic N) is 3. The minimum absolute atomic E-state index is 0.0340. The van der Waals surface area contributed by atoms with Crippen LogP contribution in [0.5, 0.6) is 11.5 Å². The average Bonchev–Trinajstić information content (AvgIpc) is 3.14. The smallest absolute Gasteiger partial charge is 0.295 e. The van der Waals surface area contributed by atoms with E-state index in [0.29, 0.717) is 62.1 Å². The van der Waals surface area contributed by atoms with Gasteiger partial charge in [-0.05, 0) is 36.8 Å². The fourth-order valence-corrected chi connectivity index (χ4v) is 4.59.